The second-order valence-electron chi connectivity index (χ2n) is 10.8. The predicted octanol–water partition coefficient (Wildman–Crippen LogP) is 3.24. The third kappa shape index (κ3) is 6.53. The van der Waals surface area contributed by atoms with Gasteiger partial charge < -0.3 is 15.6 Å². The SMILES string of the molecule is Cc1c(N2CCN(Cc3ccc(=O)[nH]c3)CC2)c(=O)n(C[C@H](N)c2ccccc2)c(=O)n1Cc1c(F)cccc1C(F)(F)F. The molecule has 3 heterocycles. The van der Waals surface area contributed by atoms with E-state index in [0.29, 0.717) is 38.3 Å². The van der Waals surface area contributed by atoms with E-state index in [0.717, 1.165) is 32.9 Å². The van der Waals surface area contributed by atoms with Crippen molar-refractivity contribution in [2.75, 3.05) is 31.1 Å². The second kappa shape index (κ2) is 12.6. The number of anilines is 1. The summed E-state index contributed by atoms with van der Waals surface area (Å²) in [6.07, 6.45) is -3.22. The summed E-state index contributed by atoms with van der Waals surface area (Å²) in [4.78, 5) is 45.7. The zero-order chi connectivity index (χ0) is 31.6. The number of aromatic amines is 1. The molecule has 1 aliphatic rings. The van der Waals surface area contributed by atoms with Gasteiger partial charge in [0.15, 0.2) is 0 Å². The van der Waals surface area contributed by atoms with Crippen molar-refractivity contribution in [1.29, 1.82) is 0 Å². The van der Waals surface area contributed by atoms with Crippen LogP contribution in [0, 0.1) is 12.7 Å². The van der Waals surface area contributed by atoms with Gasteiger partial charge in [-0.05, 0) is 30.2 Å². The number of aromatic nitrogens is 3. The van der Waals surface area contributed by atoms with E-state index >= 15 is 0 Å². The number of halogens is 4. The number of piperazine rings is 1. The summed E-state index contributed by atoms with van der Waals surface area (Å²) in [6, 6.07) is 13.9. The van der Waals surface area contributed by atoms with Crippen LogP contribution in [0.4, 0.5) is 23.2 Å². The molecule has 1 atom stereocenters. The monoisotopic (exact) mass is 612 g/mol. The van der Waals surface area contributed by atoms with E-state index in [-0.39, 0.29) is 23.5 Å². The van der Waals surface area contributed by atoms with Crippen molar-refractivity contribution >= 4 is 5.69 Å². The van der Waals surface area contributed by atoms with Gasteiger partial charge in [-0.15, -0.1) is 0 Å². The number of H-pyrrole nitrogens is 1. The molecule has 1 aliphatic heterocycles. The molecule has 0 saturated carbocycles. The average Bonchev–Trinajstić information content (AvgIpc) is 3.00. The number of nitrogens with one attached hydrogen (secondary N) is 1. The van der Waals surface area contributed by atoms with E-state index in [1.807, 2.05) is 0 Å². The second-order valence-corrected chi connectivity index (χ2v) is 10.8. The highest BCUT2D eigenvalue weighted by Gasteiger charge is 2.35. The molecule has 0 aliphatic carbocycles. The fraction of sp³-hybridized carbons (Fsp3) is 0.323. The van der Waals surface area contributed by atoms with E-state index in [2.05, 4.69) is 9.88 Å². The smallest absolute Gasteiger partial charge is 0.363 e. The molecule has 3 N–H and O–H groups in total. The Morgan fingerprint density at radius 1 is 0.886 bits per heavy atom. The first-order valence-electron chi connectivity index (χ1n) is 14.1. The highest BCUT2D eigenvalue weighted by molar-refractivity contribution is 5.50. The minimum Gasteiger partial charge on any atom is -0.363 e. The summed E-state index contributed by atoms with van der Waals surface area (Å²) in [5.74, 6) is -1.11. The van der Waals surface area contributed by atoms with Gasteiger partial charge in [0, 0.05) is 62.3 Å². The third-order valence-electron chi connectivity index (χ3n) is 7.95. The number of hydrogen-bond acceptors (Lipinski definition) is 6. The van der Waals surface area contributed by atoms with Crippen molar-refractivity contribution in [1.82, 2.24) is 19.0 Å². The highest BCUT2D eigenvalue weighted by atomic mass is 19.4. The van der Waals surface area contributed by atoms with Gasteiger partial charge >= 0.3 is 11.9 Å². The number of pyridine rings is 1. The average molecular weight is 613 g/mol. The largest absolute Gasteiger partial charge is 0.416 e. The fourth-order valence-corrected chi connectivity index (χ4v) is 5.57. The third-order valence-corrected chi connectivity index (χ3v) is 7.95. The topological polar surface area (TPSA) is 109 Å². The van der Waals surface area contributed by atoms with Gasteiger partial charge in [-0.3, -0.25) is 23.6 Å². The summed E-state index contributed by atoms with van der Waals surface area (Å²) in [5.41, 5.74) is 4.65. The van der Waals surface area contributed by atoms with Gasteiger partial charge in [0.05, 0.1) is 18.7 Å². The molecule has 2 aromatic carbocycles. The van der Waals surface area contributed by atoms with Crippen LogP contribution < -0.4 is 27.4 Å². The molecule has 0 unspecified atom stereocenters. The van der Waals surface area contributed by atoms with E-state index in [9.17, 15) is 31.9 Å². The summed E-state index contributed by atoms with van der Waals surface area (Å²) >= 11 is 0. The lowest BCUT2D eigenvalue weighted by Crippen LogP contribution is -2.51. The maximum atomic E-state index is 14.9. The Morgan fingerprint density at radius 2 is 1.59 bits per heavy atom. The molecular weight excluding hydrogens is 580 g/mol. The summed E-state index contributed by atoms with van der Waals surface area (Å²) in [5, 5.41) is 0. The van der Waals surface area contributed by atoms with Crippen LogP contribution in [0.5, 0.6) is 0 Å². The van der Waals surface area contributed by atoms with E-state index in [1.54, 1.807) is 47.5 Å². The Labute approximate surface area is 249 Å². The van der Waals surface area contributed by atoms with Crippen molar-refractivity contribution in [3.8, 4) is 0 Å². The zero-order valence-electron chi connectivity index (χ0n) is 24.0. The van der Waals surface area contributed by atoms with Gasteiger partial charge in [0.2, 0.25) is 5.56 Å². The van der Waals surface area contributed by atoms with Crippen LogP contribution in [0.1, 0.15) is 34.0 Å². The summed E-state index contributed by atoms with van der Waals surface area (Å²) in [7, 11) is 0. The fourth-order valence-electron chi connectivity index (χ4n) is 5.57. The first-order chi connectivity index (χ1) is 20.9. The standard InChI is InChI=1S/C31H32F4N6O3/c1-20-28(39-14-12-38(13-15-39)17-21-10-11-27(42)37-16-21)29(43)41(19-26(36)22-6-3-2-4-7-22)30(44)40(20)18-23-24(31(33,34)35)8-5-9-25(23)32/h2-11,16,26H,12-15,17-19,36H2,1H3,(H,37,42)/t26-/m0/s1. The van der Waals surface area contributed by atoms with Crippen LogP contribution in [-0.4, -0.2) is 45.2 Å². The molecule has 0 amide bonds. The van der Waals surface area contributed by atoms with Crippen LogP contribution in [0.15, 0.2) is 81.2 Å². The molecule has 232 valence electrons. The maximum absolute atomic E-state index is 14.9. The minimum absolute atomic E-state index is 0.134. The number of rotatable bonds is 8. The molecule has 9 nitrogen and oxygen atoms in total. The highest BCUT2D eigenvalue weighted by Crippen LogP contribution is 2.33. The molecule has 0 radical (unpaired) electrons. The summed E-state index contributed by atoms with van der Waals surface area (Å²) < 4.78 is 58.4. The molecular formula is C31H32F4N6O3. The lowest BCUT2D eigenvalue weighted by atomic mass is 10.1. The lowest BCUT2D eigenvalue weighted by molar-refractivity contribution is -0.138. The van der Waals surface area contributed by atoms with Crippen LogP contribution in [0.3, 0.4) is 0 Å². The van der Waals surface area contributed by atoms with Crippen LogP contribution in [0.2, 0.25) is 0 Å². The molecule has 13 heteroatoms. The molecule has 1 saturated heterocycles. The Bertz CT molecular complexity index is 1790. The molecule has 44 heavy (non-hydrogen) atoms. The first kappa shape index (κ1) is 31.0. The number of benzene rings is 2. The summed E-state index contributed by atoms with van der Waals surface area (Å²) in [6.45, 7) is 2.92. The first-order valence-corrected chi connectivity index (χ1v) is 14.1. The van der Waals surface area contributed by atoms with Gasteiger partial charge in [-0.2, -0.15) is 13.2 Å². The normalized spacial score (nSPS) is 15.0. The Hall–Kier alpha value is -4.49. The van der Waals surface area contributed by atoms with E-state index in [4.69, 9.17) is 5.73 Å². The van der Waals surface area contributed by atoms with Crippen LogP contribution >= 0.6 is 0 Å². The Balaban J connectivity index is 1.54. The Morgan fingerprint density at radius 3 is 2.23 bits per heavy atom. The number of hydrogen-bond donors (Lipinski definition) is 2. The van der Waals surface area contributed by atoms with Crippen molar-refractivity contribution in [3.05, 3.63) is 132 Å². The molecule has 1 fully saturated rings. The van der Waals surface area contributed by atoms with Crippen molar-refractivity contribution in [2.24, 2.45) is 5.73 Å². The molecule has 5 rings (SSSR count). The van der Waals surface area contributed by atoms with Crippen molar-refractivity contribution < 1.29 is 17.6 Å². The number of alkyl halides is 3. The minimum atomic E-state index is -4.86. The number of nitrogens with zero attached hydrogens (tertiary/aromatic N) is 4. The molecule has 0 spiro atoms. The molecule has 2 aromatic heterocycles. The van der Waals surface area contributed by atoms with Gasteiger partial charge in [0.25, 0.3) is 5.56 Å². The van der Waals surface area contributed by atoms with Gasteiger partial charge in [-0.25, -0.2) is 9.18 Å². The number of nitrogens with two attached hydrogens (primary N) is 1. The lowest BCUT2D eigenvalue weighted by Gasteiger charge is -2.37. The maximum Gasteiger partial charge on any atom is 0.416 e. The van der Waals surface area contributed by atoms with Gasteiger partial charge in [-0.1, -0.05) is 42.5 Å². The van der Waals surface area contributed by atoms with Crippen LogP contribution in [0.25, 0.3) is 0 Å². The van der Waals surface area contributed by atoms with E-state index in [1.165, 1.54) is 13.0 Å². The van der Waals surface area contributed by atoms with Crippen molar-refractivity contribution in [2.45, 2.75) is 38.8 Å². The van der Waals surface area contributed by atoms with Gasteiger partial charge in [0.1, 0.15) is 11.5 Å². The molecule has 0 bridgehead atoms. The quantitative estimate of drug-likeness (QED) is 0.296. The predicted molar refractivity (Wildman–Crippen MR) is 158 cm³/mol. The molecule has 4 aromatic rings. The van der Waals surface area contributed by atoms with Crippen LogP contribution in [-0.2, 0) is 25.8 Å². The van der Waals surface area contributed by atoms with Crippen molar-refractivity contribution in [3.63, 3.8) is 0 Å². The zero-order valence-corrected chi connectivity index (χ0v) is 24.0. The Kier molecular flexibility index (Phi) is 8.88. The van der Waals surface area contributed by atoms with E-state index < -0.39 is 47.0 Å².